The van der Waals surface area contributed by atoms with Gasteiger partial charge >= 0.3 is 0 Å². The quantitative estimate of drug-likeness (QED) is 0.156. The highest BCUT2D eigenvalue weighted by Gasteiger charge is 2.29. The van der Waals surface area contributed by atoms with Crippen LogP contribution >= 0.6 is 0 Å². The number of hydrogen-bond acceptors (Lipinski definition) is 3. The lowest BCUT2D eigenvalue weighted by Gasteiger charge is -2.33. The van der Waals surface area contributed by atoms with Crippen molar-refractivity contribution in [2.24, 2.45) is 17.8 Å². The number of nitrogens with zero attached hydrogens (tertiary/aromatic N) is 2. The van der Waals surface area contributed by atoms with E-state index in [1.807, 2.05) is 13.0 Å². The van der Waals surface area contributed by atoms with Gasteiger partial charge in [0.2, 0.25) is 0 Å². The summed E-state index contributed by atoms with van der Waals surface area (Å²) < 4.78 is 0. The first-order valence-corrected chi connectivity index (χ1v) is 12.6. The Bertz CT molecular complexity index is 1030. The van der Waals surface area contributed by atoms with Crippen LogP contribution in [0, 0.1) is 45.8 Å². The van der Waals surface area contributed by atoms with E-state index in [0.29, 0.717) is 23.0 Å². The zero-order valence-electron chi connectivity index (χ0n) is 21.2. The molecule has 2 aliphatic rings. The molecule has 1 unspecified atom stereocenters. The van der Waals surface area contributed by atoms with Crippen molar-refractivity contribution in [3.63, 3.8) is 0 Å². The molecule has 3 heteroatoms. The summed E-state index contributed by atoms with van der Waals surface area (Å²) >= 11 is 0. The summed E-state index contributed by atoms with van der Waals surface area (Å²) in [5.74, 6) is 3.99. The van der Waals surface area contributed by atoms with Crippen molar-refractivity contribution in [3.8, 4) is 12.1 Å². The molecule has 0 heterocycles. The van der Waals surface area contributed by atoms with Crippen molar-refractivity contribution < 1.29 is 0 Å². The fourth-order valence-corrected chi connectivity index (χ4v) is 5.24. The normalized spacial score (nSPS) is 23.0. The molecule has 0 bridgehead atoms. The second kappa shape index (κ2) is 13.5. The Hall–Kier alpha value is -3.13. The molecule has 1 N–H and O–H groups in total. The Morgan fingerprint density at radius 3 is 2.38 bits per heavy atom. The molecule has 0 aromatic heterocycles. The SMILES string of the molecule is C=C(C)CC1=C(C(=C)C(=C=N)/C=C\C(C#N)=C/CC)C=C(CC)C(CC2CCC(C#N)CC2)C1. The topological polar surface area (TPSA) is 71.4 Å². The highest BCUT2D eigenvalue weighted by atomic mass is 14.4. The van der Waals surface area contributed by atoms with Crippen LogP contribution < -0.4 is 0 Å². The minimum absolute atomic E-state index is 0.241. The standard InChI is InChI=1S/C31H39N3/c1-6-8-25(19-32)13-14-28(21-34)23(5)31-18-27(7-2)29(17-30(31)15-22(3)4)16-24-9-11-26(20-33)12-10-24/h8,13-14,18,24,26,29,34H,3,5-7,9-12,15-17H2,1-2,4H3/b14-13-,25-8+. The van der Waals surface area contributed by atoms with E-state index in [-0.39, 0.29) is 5.92 Å². The van der Waals surface area contributed by atoms with Gasteiger partial charge in [-0.1, -0.05) is 55.9 Å². The summed E-state index contributed by atoms with van der Waals surface area (Å²) in [7, 11) is 0. The summed E-state index contributed by atoms with van der Waals surface area (Å²) in [4.78, 5) is 0. The van der Waals surface area contributed by atoms with Crippen LogP contribution in [0.5, 0.6) is 0 Å². The van der Waals surface area contributed by atoms with Crippen LogP contribution in [0.4, 0.5) is 0 Å². The van der Waals surface area contributed by atoms with Crippen LogP contribution in [-0.2, 0) is 0 Å². The molecular weight excluding hydrogens is 414 g/mol. The largest absolute Gasteiger partial charge is 0.258 e. The van der Waals surface area contributed by atoms with E-state index < -0.39 is 0 Å². The highest BCUT2D eigenvalue weighted by molar-refractivity contribution is 5.73. The zero-order valence-corrected chi connectivity index (χ0v) is 21.2. The molecule has 0 spiro atoms. The Morgan fingerprint density at radius 2 is 1.85 bits per heavy atom. The summed E-state index contributed by atoms with van der Waals surface area (Å²) in [6.45, 7) is 14.8. The molecule has 1 atom stereocenters. The van der Waals surface area contributed by atoms with Gasteiger partial charge in [0.1, 0.15) is 0 Å². The maximum Gasteiger partial charge on any atom is 0.0988 e. The maximum absolute atomic E-state index is 9.32. The molecule has 0 aromatic rings. The van der Waals surface area contributed by atoms with E-state index in [1.54, 1.807) is 12.2 Å². The first kappa shape index (κ1) is 27.1. The van der Waals surface area contributed by atoms with E-state index in [4.69, 9.17) is 5.41 Å². The Morgan fingerprint density at radius 1 is 1.15 bits per heavy atom. The van der Waals surface area contributed by atoms with Gasteiger partial charge in [0.25, 0.3) is 0 Å². The van der Waals surface area contributed by atoms with E-state index in [2.05, 4.69) is 51.1 Å². The first-order valence-electron chi connectivity index (χ1n) is 12.6. The van der Waals surface area contributed by atoms with Crippen molar-refractivity contribution in [3.05, 3.63) is 76.5 Å². The molecule has 0 amide bonds. The molecule has 2 aliphatic carbocycles. The fraction of sp³-hybridized carbons (Fsp3) is 0.484. The van der Waals surface area contributed by atoms with Crippen LogP contribution in [0.25, 0.3) is 0 Å². The summed E-state index contributed by atoms with van der Waals surface area (Å²) in [6, 6.07) is 4.64. The van der Waals surface area contributed by atoms with E-state index >= 15 is 0 Å². The third kappa shape index (κ3) is 7.45. The van der Waals surface area contributed by atoms with Crippen molar-refractivity contribution in [2.75, 3.05) is 0 Å². The predicted molar refractivity (Wildman–Crippen MR) is 142 cm³/mol. The molecule has 3 nitrogen and oxygen atoms in total. The van der Waals surface area contributed by atoms with Gasteiger partial charge in [0.15, 0.2) is 0 Å². The smallest absolute Gasteiger partial charge is 0.0988 e. The van der Waals surface area contributed by atoms with Gasteiger partial charge in [-0.15, -0.1) is 0 Å². The predicted octanol–water partition coefficient (Wildman–Crippen LogP) is 8.47. The molecule has 2 rings (SSSR count). The van der Waals surface area contributed by atoms with E-state index in [1.165, 1.54) is 17.6 Å². The number of allylic oxidation sites excluding steroid dienone is 11. The Balaban J connectivity index is 2.32. The summed E-state index contributed by atoms with van der Waals surface area (Å²) in [6.07, 6.45) is 16.9. The molecule has 0 radical (unpaired) electrons. The summed E-state index contributed by atoms with van der Waals surface area (Å²) in [5.41, 5.74) is 6.97. The number of hydrogen-bond donors (Lipinski definition) is 1. The third-order valence-electron chi connectivity index (χ3n) is 7.07. The number of nitrogens with one attached hydrogen (secondary N) is 1. The first-order chi connectivity index (χ1) is 16.4. The monoisotopic (exact) mass is 453 g/mol. The lowest BCUT2D eigenvalue weighted by molar-refractivity contribution is 0.270. The average Bonchev–Trinajstić information content (AvgIpc) is 2.83. The second-order valence-electron chi connectivity index (χ2n) is 9.74. The minimum Gasteiger partial charge on any atom is -0.258 e. The Labute approximate surface area is 206 Å². The van der Waals surface area contributed by atoms with E-state index in [9.17, 15) is 10.5 Å². The molecule has 1 fully saturated rings. The van der Waals surface area contributed by atoms with Gasteiger partial charge in [0.05, 0.1) is 12.1 Å². The van der Waals surface area contributed by atoms with Gasteiger partial charge in [-0.25, -0.2) is 0 Å². The second-order valence-corrected chi connectivity index (χ2v) is 9.74. The van der Waals surface area contributed by atoms with E-state index in [0.717, 1.165) is 68.1 Å². The van der Waals surface area contributed by atoms with Crippen molar-refractivity contribution in [1.29, 1.82) is 15.9 Å². The van der Waals surface area contributed by atoms with Crippen LogP contribution in [0.15, 0.2) is 76.5 Å². The number of nitriles is 2. The lowest BCUT2D eigenvalue weighted by Crippen LogP contribution is -2.20. The molecule has 34 heavy (non-hydrogen) atoms. The van der Waals surface area contributed by atoms with Crippen molar-refractivity contribution in [1.82, 2.24) is 0 Å². The van der Waals surface area contributed by atoms with Gasteiger partial charge in [-0.2, -0.15) is 10.5 Å². The minimum atomic E-state index is 0.241. The highest BCUT2D eigenvalue weighted by Crippen LogP contribution is 2.43. The van der Waals surface area contributed by atoms with Gasteiger partial charge in [0, 0.05) is 17.1 Å². The average molecular weight is 454 g/mol. The third-order valence-corrected chi connectivity index (χ3v) is 7.07. The fourth-order valence-electron chi connectivity index (χ4n) is 5.24. The molecule has 0 aliphatic heterocycles. The molecule has 0 aromatic carbocycles. The molecule has 0 saturated heterocycles. The van der Waals surface area contributed by atoms with Gasteiger partial charge < -0.3 is 0 Å². The van der Waals surface area contributed by atoms with Crippen LogP contribution in [-0.4, -0.2) is 5.87 Å². The van der Waals surface area contributed by atoms with Gasteiger partial charge in [-0.05, 0) is 106 Å². The van der Waals surface area contributed by atoms with Crippen molar-refractivity contribution >= 4 is 5.87 Å². The molecule has 178 valence electrons. The van der Waals surface area contributed by atoms with Crippen LogP contribution in [0.2, 0.25) is 0 Å². The molecular formula is C31H39N3. The number of rotatable bonds is 10. The van der Waals surface area contributed by atoms with Crippen LogP contribution in [0.1, 0.15) is 78.6 Å². The van der Waals surface area contributed by atoms with Crippen molar-refractivity contribution in [2.45, 2.75) is 78.6 Å². The zero-order chi connectivity index (χ0) is 25.1. The maximum atomic E-state index is 9.32. The Kier molecular flexibility index (Phi) is 10.8. The van der Waals surface area contributed by atoms with Crippen LogP contribution in [0.3, 0.4) is 0 Å². The lowest BCUT2D eigenvalue weighted by atomic mass is 9.71. The van der Waals surface area contributed by atoms with Gasteiger partial charge in [-0.3, -0.25) is 5.41 Å². The summed E-state index contributed by atoms with van der Waals surface area (Å²) in [5, 5.41) is 26.4. The molecule has 1 saturated carbocycles.